The van der Waals surface area contributed by atoms with Crippen LogP contribution in [0.4, 0.5) is 0 Å². The number of esters is 3. The molecule has 1 saturated heterocycles. The molecule has 1 heterocycles. The highest BCUT2D eigenvalue weighted by Crippen LogP contribution is 2.22. The summed E-state index contributed by atoms with van der Waals surface area (Å²) in [7, 11) is 0. The van der Waals surface area contributed by atoms with Gasteiger partial charge in [-0.1, -0.05) is 6.42 Å². The number of unbranched alkanes of at least 4 members (excludes halogenated alkanes) is 1. The van der Waals surface area contributed by atoms with Gasteiger partial charge >= 0.3 is 23.9 Å². The number of ether oxygens (including phenoxy) is 3. The normalized spacial score (nSPS) is 16.6. The fraction of sp³-hybridized carbons (Fsp3) is 0.818. The molecular weight excluding hydrogens is 434 g/mol. The minimum absolute atomic E-state index is 0.0345. The van der Waals surface area contributed by atoms with Gasteiger partial charge in [0.2, 0.25) is 0 Å². The Labute approximate surface area is 195 Å². The number of hydrogen-bond donors (Lipinski definition) is 2. The van der Waals surface area contributed by atoms with Gasteiger partial charge in [0.05, 0.1) is 39.5 Å². The molecule has 11 heteroatoms. The van der Waals surface area contributed by atoms with E-state index >= 15 is 0 Å². The predicted octanol–water partition coefficient (Wildman–Crippen LogP) is 0.267. The van der Waals surface area contributed by atoms with E-state index in [1.807, 2.05) is 9.80 Å². The molecule has 2 N–H and O–H groups in total. The summed E-state index contributed by atoms with van der Waals surface area (Å²) in [5.74, 6) is -1.96. The Morgan fingerprint density at radius 2 is 1.30 bits per heavy atom. The summed E-state index contributed by atoms with van der Waals surface area (Å²) >= 11 is 0. The largest absolute Gasteiger partial charge is 0.481 e. The van der Waals surface area contributed by atoms with Gasteiger partial charge in [-0.3, -0.25) is 34.3 Å². The van der Waals surface area contributed by atoms with E-state index in [9.17, 15) is 19.2 Å². The number of rotatable bonds is 15. The number of hydrogen-bond acceptors (Lipinski definition) is 10. The van der Waals surface area contributed by atoms with Crippen LogP contribution in [0.1, 0.15) is 46.5 Å². The van der Waals surface area contributed by atoms with Crippen molar-refractivity contribution in [3.05, 3.63) is 0 Å². The second-order valence-electron chi connectivity index (χ2n) is 8.07. The van der Waals surface area contributed by atoms with E-state index in [1.165, 1.54) is 0 Å². The molecule has 0 atom stereocenters. The van der Waals surface area contributed by atoms with Crippen molar-refractivity contribution in [3.63, 3.8) is 0 Å². The van der Waals surface area contributed by atoms with E-state index < -0.39 is 17.5 Å². The van der Waals surface area contributed by atoms with E-state index in [1.54, 1.807) is 20.8 Å². The van der Waals surface area contributed by atoms with Gasteiger partial charge in [0.1, 0.15) is 0 Å². The van der Waals surface area contributed by atoms with E-state index in [4.69, 9.17) is 19.3 Å². The number of carboxylic acids is 1. The smallest absolute Gasteiger partial charge is 0.320 e. The van der Waals surface area contributed by atoms with Crippen LogP contribution in [-0.4, -0.2) is 110 Å². The molecule has 0 spiro atoms. The molecule has 0 aromatic carbocycles. The Hall–Kier alpha value is -2.24. The SMILES string of the molecule is CCOC(=O)CNC1(CCCCC(=O)O)CN(CC(=O)OCC)CCN(CC(=O)OCC)C1. The topological polar surface area (TPSA) is 135 Å². The van der Waals surface area contributed by atoms with E-state index in [2.05, 4.69) is 5.32 Å². The highest BCUT2D eigenvalue weighted by molar-refractivity contribution is 5.72. The van der Waals surface area contributed by atoms with Crippen molar-refractivity contribution in [3.8, 4) is 0 Å². The summed E-state index contributed by atoms with van der Waals surface area (Å²) in [6.07, 6.45) is 1.68. The van der Waals surface area contributed by atoms with Crippen LogP contribution in [0.2, 0.25) is 0 Å². The second kappa shape index (κ2) is 15.6. The van der Waals surface area contributed by atoms with Crippen molar-refractivity contribution >= 4 is 23.9 Å². The van der Waals surface area contributed by atoms with Crippen molar-refractivity contribution in [1.82, 2.24) is 15.1 Å². The summed E-state index contributed by atoms with van der Waals surface area (Å²) in [6, 6.07) is 0. The first-order chi connectivity index (χ1) is 15.7. The van der Waals surface area contributed by atoms with Crippen molar-refractivity contribution in [2.75, 3.05) is 65.6 Å². The van der Waals surface area contributed by atoms with E-state index in [-0.39, 0.29) is 57.8 Å². The van der Waals surface area contributed by atoms with Gasteiger partial charge in [-0.05, 0) is 33.6 Å². The van der Waals surface area contributed by atoms with Crippen molar-refractivity contribution in [2.45, 2.75) is 52.0 Å². The highest BCUT2D eigenvalue weighted by Gasteiger charge is 2.38. The lowest BCUT2D eigenvalue weighted by Gasteiger charge is -2.38. The minimum Gasteiger partial charge on any atom is -0.481 e. The molecule has 33 heavy (non-hydrogen) atoms. The first-order valence-corrected chi connectivity index (χ1v) is 11.6. The standard InChI is InChI=1S/C22H39N3O8/c1-4-31-19(28)13-23-22(10-8-7-9-18(26)27)16-24(14-20(29)32-5-2)11-12-25(17-22)15-21(30)33-6-3/h23H,4-17H2,1-3H3,(H,26,27). The molecule has 0 saturated carbocycles. The molecule has 0 aromatic rings. The average molecular weight is 474 g/mol. The molecule has 0 radical (unpaired) electrons. The summed E-state index contributed by atoms with van der Waals surface area (Å²) in [5, 5.41) is 12.3. The van der Waals surface area contributed by atoms with Crippen LogP contribution in [-0.2, 0) is 33.4 Å². The number of carbonyl (C=O) groups excluding carboxylic acids is 3. The van der Waals surface area contributed by atoms with Crippen LogP contribution < -0.4 is 5.32 Å². The zero-order chi connectivity index (χ0) is 24.7. The van der Waals surface area contributed by atoms with Crippen LogP contribution >= 0.6 is 0 Å². The molecule has 0 unspecified atom stereocenters. The molecule has 190 valence electrons. The maximum Gasteiger partial charge on any atom is 0.320 e. The third kappa shape index (κ3) is 12.0. The molecule has 0 amide bonds. The first kappa shape index (κ1) is 28.8. The Morgan fingerprint density at radius 1 is 0.818 bits per heavy atom. The van der Waals surface area contributed by atoms with Gasteiger partial charge in [0.25, 0.3) is 0 Å². The number of carboxylic acid groups (broad SMARTS) is 1. The molecule has 1 aliphatic rings. The maximum atomic E-state index is 12.2. The van der Waals surface area contributed by atoms with Gasteiger partial charge in [-0.2, -0.15) is 0 Å². The van der Waals surface area contributed by atoms with Crippen molar-refractivity contribution in [2.24, 2.45) is 0 Å². The Morgan fingerprint density at radius 3 is 1.76 bits per heavy atom. The van der Waals surface area contributed by atoms with Crippen LogP contribution in [0.25, 0.3) is 0 Å². The van der Waals surface area contributed by atoms with Crippen LogP contribution in [0.15, 0.2) is 0 Å². The molecular formula is C22H39N3O8. The molecule has 0 bridgehead atoms. The van der Waals surface area contributed by atoms with E-state index in [0.29, 0.717) is 45.4 Å². The van der Waals surface area contributed by atoms with Crippen LogP contribution in [0.5, 0.6) is 0 Å². The minimum atomic E-state index is -0.864. The second-order valence-corrected chi connectivity index (χ2v) is 8.07. The lowest BCUT2D eigenvalue weighted by Crippen LogP contribution is -2.59. The Bertz CT molecular complexity index is 613. The molecule has 0 aliphatic carbocycles. The van der Waals surface area contributed by atoms with Gasteiger partial charge in [0, 0.05) is 38.1 Å². The fourth-order valence-electron chi connectivity index (χ4n) is 3.96. The fourth-order valence-corrected chi connectivity index (χ4v) is 3.96. The number of aliphatic carboxylic acids is 1. The summed E-state index contributed by atoms with van der Waals surface area (Å²) < 4.78 is 15.3. The Kier molecular flexibility index (Phi) is 13.6. The lowest BCUT2D eigenvalue weighted by atomic mass is 9.90. The monoisotopic (exact) mass is 473 g/mol. The summed E-state index contributed by atoms with van der Waals surface area (Å²) in [6.45, 7) is 8.08. The summed E-state index contributed by atoms with van der Waals surface area (Å²) in [5.41, 5.74) is -0.666. The van der Waals surface area contributed by atoms with Crippen molar-refractivity contribution < 1.29 is 38.5 Å². The van der Waals surface area contributed by atoms with Gasteiger partial charge in [0.15, 0.2) is 0 Å². The highest BCUT2D eigenvalue weighted by atomic mass is 16.5. The Balaban J connectivity index is 3.08. The number of nitrogens with one attached hydrogen (secondary N) is 1. The third-order valence-corrected chi connectivity index (χ3v) is 5.31. The van der Waals surface area contributed by atoms with Crippen molar-refractivity contribution in [1.29, 1.82) is 0 Å². The van der Waals surface area contributed by atoms with Gasteiger partial charge < -0.3 is 19.3 Å². The molecule has 11 nitrogen and oxygen atoms in total. The van der Waals surface area contributed by atoms with Crippen LogP contribution in [0, 0.1) is 0 Å². The zero-order valence-electron chi connectivity index (χ0n) is 20.1. The molecule has 1 aliphatic heterocycles. The quantitative estimate of drug-likeness (QED) is 0.193. The number of nitrogens with zero attached hydrogens (tertiary/aromatic N) is 2. The number of carbonyl (C=O) groups is 4. The molecule has 0 aromatic heterocycles. The summed E-state index contributed by atoms with van der Waals surface area (Å²) in [4.78, 5) is 51.2. The molecule has 1 rings (SSSR count). The predicted molar refractivity (Wildman–Crippen MR) is 120 cm³/mol. The van der Waals surface area contributed by atoms with Crippen LogP contribution in [0.3, 0.4) is 0 Å². The lowest BCUT2D eigenvalue weighted by molar-refractivity contribution is -0.145. The average Bonchev–Trinajstić information content (AvgIpc) is 2.90. The maximum absolute atomic E-state index is 12.2. The zero-order valence-corrected chi connectivity index (χ0v) is 20.1. The van der Waals surface area contributed by atoms with Gasteiger partial charge in [-0.15, -0.1) is 0 Å². The van der Waals surface area contributed by atoms with E-state index in [0.717, 1.165) is 0 Å². The third-order valence-electron chi connectivity index (χ3n) is 5.31. The first-order valence-electron chi connectivity index (χ1n) is 11.6. The molecule has 1 fully saturated rings. The van der Waals surface area contributed by atoms with Gasteiger partial charge in [-0.25, -0.2) is 0 Å².